The number of rotatable bonds is 3. The zero-order valence-corrected chi connectivity index (χ0v) is 11.1. The van der Waals surface area contributed by atoms with E-state index >= 15 is 0 Å². The molecule has 0 radical (unpaired) electrons. The molecule has 2 aromatic heterocycles. The zero-order chi connectivity index (χ0) is 13.2. The molecule has 0 amide bonds. The zero-order valence-electron chi connectivity index (χ0n) is 11.1. The van der Waals surface area contributed by atoms with Crippen LogP contribution in [0.4, 0.5) is 5.82 Å². The lowest BCUT2D eigenvalue weighted by molar-refractivity contribution is 0.784. The number of imidazole rings is 1. The Kier molecular flexibility index (Phi) is 2.91. The van der Waals surface area contributed by atoms with Gasteiger partial charge in [-0.3, -0.25) is 0 Å². The van der Waals surface area contributed by atoms with Gasteiger partial charge in [0.1, 0.15) is 11.6 Å². The number of nitrogens with zero attached hydrogens (tertiary/aromatic N) is 3. The molecule has 0 saturated carbocycles. The molecule has 0 aliphatic rings. The number of aryl methyl sites for hydroxylation is 1. The van der Waals surface area contributed by atoms with Crippen molar-refractivity contribution in [3.8, 4) is 0 Å². The summed E-state index contributed by atoms with van der Waals surface area (Å²) < 4.78 is 2.22. The second-order valence-electron chi connectivity index (χ2n) is 4.50. The summed E-state index contributed by atoms with van der Waals surface area (Å²) in [4.78, 5) is 8.93. The summed E-state index contributed by atoms with van der Waals surface area (Å²) in [5.74, 6) is 1.94. The first-order chi connectivity index (χ1) is 9.29. The molecule has 0 bridgehead atoms. The van der Waals surface area contributed by atoms with Crippen molar-refractivity contribution in [2.75, 3.05) is 12.4 Å². The summed E-state index contributed by atoms with van der Waals surface area (Å²) in [6.45, 7) is 2.81. The Labute approximate surface area is 112 Å². The van der Waals surface area contributed by atoms with E-state index in [1.165, 1.54) is 0 Å². The maximum Gasteiger partial charge on any atom is 0.130 e. The van der Waals surface area contributed by atoms with Gasteiger partial charge in [-0.15, -0.1) is 0 Å². The third-order valence-corrected chi connectivity index (χ3v) is 3.30. The van der Waals surface area contributed by atoms with E-state index in [0.717, 1.165) is 34.8 Å². The Morgan fingerprint density at radius 3 is 2.84 bits per heavy atom. The molecule has 0 atom stereocenters. The highest BCUT2D eigenvalue weighted by molar-refractivity contribution is 5.76. The number of hydrogen-bond donors (Lipinski definition) is 1. The van der Waals surface area contributed by atoms with E-state index in [4.69, 9.17) is 0 Å². The molecule has 1 aromatic carbocycles. The van der Waals surface area contributed by atoms with Crippen molar-refractivity contribution >= 4 is 16.9 Å². The van der Waals surface area contributed by atoms with Crippen molar-refractivity contribution < 1.29 is 0 Å². The van der Waals surface area contributed by atoms with Gasteiger partial charge in [-0.05, 0) is 25.1 Å². The summed E-state index contributed by atoms with van der Waals surface area (Å²) in [7, 11) is 1.89. The lowest BCUT2D eigenvalue weighted by Gasteiger charge is -2.10. The van der Waals surface area contributed by atoms with Crippen LogP contribution in [-0.4, -0.2) is 21.6 Å². The standard InChI is InChI=1S/C15H16N4/c1-11-18-13-7-3-4-8-14(13)19(11)10-12-6-5-9-17-15(12)16-2/h3-9H,10H2,1-2H3,(H,16,17). The highest BCUT2D eigenvalue weighted by atomic mass is 15.1. The predicted octanol–water partition coefficient (Wildman–Crippen LogP) is 2.83. The fourth-order valence-electron chi connectivity index (χ4n) is 2.36. The molecular formula is C15H16N4. The Bertz CT molecular complexity index is 715. The predicted molar refractivity (Wildman–Crippen MR) is 77.4 cm³/mol. The van der Waals surface area contributed by atoms with Gasteiger partial charge < -0.3 is 9.88 Å². The first kappa shape index (κ1) is 11.7. The number of pyridine rings is 1. The van der Waals surface area contributed by atoms with Gasteiger partial charge in [0.15, 0.2) is 0 Å². The molecule has 4 nitrogen and oxygen atoms in total. The Morgan fingerprint density at radius 2 is 2.00 bits per heavy atom. The average Bonchev–Trinajstić information content (AvgIpc) is 2.76. The SMILES string of the molecule is CNc1ncccc1Cn1c(C)nc2ccccc21. The summed E-state index contributed by atoms with van der Waals surface area (Å²) in [5.41, 5.74) is 3.36. The van der Waals surface area contributed by atoms with Gasteiger partial charge in [0.25, 0.3) is 0 Å². The molecule has 0 fully saturated rings. The molecule has 3 rings (SSSR count). The molecule has 0 aliphatic heterocycles. The van der Waals surface area contributed by atoms with E-state index in [9.17, 15) is 0 Å². The summed E-state index contributed by atoms with van der Waals surface area (Å²) in [6, 6.07) is 12.3. The largest absolute Gasteiger partial charge is 0.373 e. The first-order valence-electron chi connectivity index (χ1n) is 6.33. The topological polar surface area (TPSA) is 42.7 Å². The second kappa shape index (κ2) is 4.72. The molecule has 96 valence electrons. The molecule has 0 saturated heterocycles. The second-order valence-corrected chi connectivity index (χ2v) is 4.50. The van der Waals surface area contributed by atoms with Gasteiger partial charge in [0.05, 0.1) is 17.6 Å². The van der Waals surface area contributed by atoms with Crippen LogP contribution in [-0.2, 0) is 6.54 Å². The third kappa shape index (κ3) is 2.05. The number of aromatic nitrogens is 3. The Hall–Kier alpha value is -2.36. The maximum atomic E-state index is 4.59. The van der Waals surface area contributed by atoms with Gasteiger partial charge >= 0.3 is 0 Å². The van der Waals surface area contributed by atoms with E-state index in [-0.39, 0.29) is 0 Å². The van der Waals surface area contributed by atoms with Crippen LogP contribution in [0.25, 0.3) is 11.0 Å². The quantitative estimate of drug-likeness (QED) is 0.779. The van der Waals surface area contributed by atoms with Crippen LogP contribution in [0.15, 0.2) is 42.6 Å². The summed E-state index contributed by atoms with van der Waals surface area (Å²) in [6.07, 6.45) is 1.80. The molecule has 0 spiro atoms. The van der Waals surface area contributed by atoms with Crippen LogP contribution in [0.2, 0.25) is 0 Å². The van der Waals surface area contributed by atoms with Crippen molar-refractivity contribution in [3.63, 3.8) is 0 Å². The molecule has 3 aromatic rings. The minimum Gasteiger partial charge on any atom is -0.373 e. The molecular weight excluding hydrogens is 236 g/mol. The maximum absolute atomic E-state index is 4.59. The normalized spacial score (nSPS) is 10.8. The number of fused-ring (bicyclic) bond motifs is 1. The lowest BCUT2D eigenvalue weighted by atomic mass is 10.2. The van der Waals surface area contributed by atoms with E-state index in [1.807, 2.05) is 38.2 Å². The van der Waals surface area contributed by atoms with Crippen molar-refractivity contribution in [3.05, 3.63) is 54.0 Å². The molecule has 1 N–H and O–H groups in total. The molecule has 2 heterocycles. The van der Waals surface area contributed by atoms with Crippen LogP contribution in [0, 0.1) is 6.92 Å². The third-order valence-electron chi connectivity index (χ3n) is 3.30. The first-order valence-corrected chi connectivity index (χ1v) is 6.33. The van der Waals surface area contributed by atoms with Crippen molar-refractivity contribution in [2.24, 2.45) is 0 Å². The monoisotopic (exact) mass is 252 g/mol. The van der Waals surface area contributed by atoms with E-state index < -0.39 is 0 Å². The van der Waals surface area contributed by atoms with Crippen molar-refractivity contribution in [2.45, 2.75) is 13.5 Å². The summed E-state index contributed by atoms with van der Waals surface area (Å²) in [5, 5.41) is 3.13. The van der Waals surface area contributed by atoms with Gasteiger partial charge in [0, 0.05) is 18.8 Å². The number of benzene rings is 1. The number of para-hydroxylation sites is 2. The van der Waals surface area contributed by atoms with E-state index in [0.29, 0.717) is 0 Å². The molecule has 0 aliphatic carbocycles. The van der Waals surface area contributed by atoms with Crippen LogP contribution in [0.3, 0.4) is 0 Å². The van der Waals surface area contributed by atoms with Crippen LogP contribution >= 0.6 is 0 Å². The van der Waals surface area contributed by atoms with Gasteiger partial charge in [-0.25, -0.2) is 9.97 Å². The fourth-order valence-corrected chi connectivity index (χ4v) is 2.36. The molecule has 19 heavy (non-hydrogen) atoms. The van der Waals surface area contributed by atoms with Crippen molar-refractivity contribution in [1.82, 2.24) is 14.5 Å². The van der Waals surface area contributed by atoms with Crippen LogP contribution < -0.4 is 5.32 Å². The smallest absolute Gasteiger partial charge is 0.130 e. The Morgan fingerprint density at radius 1 is 1.16 bits per heavy atom. The fraction of sp³-hybridized carbons (Fsp3) is 0.200. The summed E-state index contributed by atoms with van der Waals surface area (Å²) >= 11 is 0. The molecule has 0 unspecified atom stereocenters. The van der Waals surface area contributed by atoms with Crippen LogP contribution in [0.1, 0.15) is 11.4 Å². The average molecular weight is 252 g/mol. The number of anilines is 1. The lowest BCUT2D eigenvalue weighted by Crippen LogP contribution is -2.06. The number of hydrogen-bond acceptors (Lipinski definition) is 3. The van der Waals surface area contributed by atoms with Gasteiger partial charge in [-0.2, -0.15) is 0 Å². The van der Waals surface area contributed by atoms with Crippen molar-refractivity contribution in [1.29, 1.82) is 0 Å². The highest BCUT2D eigenvalue weighted by Gasteiger charge is 2.09. The minimum atomic E-state index is 0.774. The van der Waals surface area contributed by atoms with E-state index in [1.54, 1.807) is 6.20 Å². The highest BCUT2D eigenvalue weighted by Crippen LogP contribution is 2.19. The Balaban J connectivity index is 2.08. The van der Waals surface area contributed by atoms with Gasteiger partial charge in [-0.1, -0.05) is 18.2 Å². The minimum absolute atomic E-state index is 0.774. The molecule has 4 heteroatoms. The van der Waals surface area contributed by atoms with E-state index in [2.05, 4.69) is 32.0 Å². The van der Waals surface area contributed by atoms with Gasteiger partial charge in [0.2, 0.25) is 0 Å². The number of nitrogens with one attached hydrogen (secondary N) is 1. The van der Waals surface area contributed by atoms with Crippen LogP contribution in [0.5, 0.6) is 0 Å².